The Morgan fingerprint density at radius 2 is 1.10 bits per heavy atom. The topological polar surface area (TPSA) is 233 Å². The number of allylic oxidation sites excluding steroid dienone is 3. The minimum Gasteiger partial charge on any atom is -0.493 e. The summed E-state index contributed by atoms with van der Waals surface area (Å²) in [5, 5.41) is 8.23. The Morgan fingerprint density at radius 3 is 1.56 bits per heavy atom. The first-order valence-electron chi connectivity index (χ1n) is 31.9. The Kier molecular flexibility index (Phi) is 22.2. The van der Waals surface area contributed by atoms with Crippen molar-refractivity contribution in [3.8, 4) is 34.1 Å². The van der Waals surface area contributed by atoms with E-state index in [9.17, 15) is 33.6 Å². The number of carbonyl (C=O) groups is 7. The highest BCUT2D eigenvalue weighted by molar-refractivity contribution is 6.76. The first-order valence-corrected chi connectivity index (χ1v) is 39.3. The summed E-state index contributed by atoms with van der Waals surface area (Å²) >= 11 is 0. The van der Waals surface area contributed by atoms with Crippen LogP contribution in [-0.4, -0.2) is 159 Å². The number of hydrogen-bond donors (Lipinski definition) is 3. The molecule has 0 unspecified atom stereocenters. The summed E-state index contributed by atoms with van der Waals surface area (Å²) in [7, 11) is -0.0233. The molecule has 23 heteroatoms. The minimum atomic E-state index is -1.53. The van der Waals surface area contributed by atoms with Gasteiger partial charge in [-0.05, 0) is 77.4 Å². The third-order valence-electron chi connectivity index (χ3n) is 17.0. The third-order valence-corrected chi connectivity index (χ3v) is 20.4. The van der Waals surface area contributed by atoms with Crippen LogP contribution in [-0.2, 0) is 33.4 Å². The van der Waals surface area contributed by atoms with Gasteiger partial charge in [-0.25, -0.2) is 4.79 Å². The Balaban J connectivity index is 0.826. The molecule has 0 saturated heterocycles. The lowest BCUT2D eigenvalue weighted by molar-refractivity contribution is -0.130. The average Bonchev–Trinajstić information content (AvgIpc) is 1.65. The quantitative estimate of drug-likeness (QED) is 0.0339. The minimum absolute atomic E-state index is 0.0479. The zero-order valence-corrected chi connectivity index (χ0v) is 57.6. The number of amides is 7. The molecule has 3 N–H and O–H groups in total. The van der Waals surface area contributed by atoms with E-state index in [0.29, 0.717) is 54.5 Å². The molecule has 496 valence electrons. The summed E-state index contributed by atoms with van der Waals surface area (Å²) < 4.78 is 42.4. The molecular formula is C70H89N7O14Si2. The summed E-state index contributed by atoms with van der Waals surface area (Å²) in [5.74, 6) is -1.76. The van der Waals surface area contributed by atoms with E-state index in [1.165, 1.54) is 33.8 Å². The van der Waals surface area contributed by atoms with Crippen molar-refractivity contribution in [2.45, 2.75) is 128 Å². The molecule has 4 atom stereocenters. The number of ether oxygens (including phenoxy) is 7. The van der Waals surface area contributed by atoms with Gasteiger partial charge < -0.3 is 58.9 Å². The number of anilines is 2. The van der Waals surface area contributed by atoms with Crippen LogP contribution in [0.15, 0.2) is 121 Å². The summed E-state index contributed by atoms with van der Waals surface area (Å²) in [4.78, 5) is 104. The molecule has 0 bridgehead atoms. The van der Waals surface area contributed by atoms with Gasteiger partial charge in [0.2, 0.25) is 11.8 Å². The Labute approximate surface area is 547 Å². The van der Waals surface area contributed by atoms with Crippen LogP contribution in [0.3, 0.4) is 0 Å². The zero-order chi connectivity index (χ0) is 66.9. The maximum Gasteiger partial charge on any atom is 0.407 e. The van der Waals surface area contributed by atoms with E-state index in [-0.39, 0.29) is 98.4 Å². The summed E-state index contributed by atoms with van der Waals surface area (Å²) in [5.41, 5.74) is 6.98. The van der Waals surface area contributed by atoms with Crippen molar-refractivity contribution in [2.75, 3.05) is 77.1 Å². The predicted octanol–water partition coefficient (Wildman–Crippen LogP) is 10.4. The Morgan fingerprint density at radius 1 is 0.613 bits per heavy atom. The van der Waals surface area contributed by atoms with Crippen molar-refractivity contribution in [2.24, 2.45) is 5.92 Å². The largest absolute Gasteiger partial charge is 0.493 e. The van der Waals surface area contributed by atoms with Gasteiger partial charge in [0, 0.05) is 85.6 Å². The van der Waals surface area contributed by atoms with Crippen LogP contribution >= 0.6 is 0 Å². The van der Waals surface area contributed by atoms with Gasteiger partial charge >= 0.3 is 6.09 Å². The number of benzene rings is 4. The molecule has 1 aliphatic carbocycles. The van der Waals surface area contributed by atoms with Crippen molar-refractivity contribution >= 4 is 69.1 Å². The molecule has 4 heterocycles. The number of nitrogens with zero attached hydrogens (tertiary/aromatic N) is 4. The molecule has 7 amide bonds. The SMILES string of the molecule is C/C=C/C1=CN2C(=O)c3cc(OC)c(OCCCOc4cc5c(cc4OC)C(=O)N4C=C(/C=C/CNC(=O)[C@H](C)NC(=O)[C@@H](NC(=O)OCC6c7ccccc7-c7ccccc76)C(C)C)C[C@H]4C(=O)N5COCC[Si](C)(C)C)cc3N(COCC[Si](C)(C)C)C(=O)[C@@H]2C1. The number of alkyl carbamates (subject to hydrolysis) is 1. The standard InChI is InChI=1S/C70H89N7O14Si2/c1-13-20-46-33-57-68(82)76(42-87-29-31-92(7,8)9)55-37-61(59(85-5)35-52(55)66(80)74(57)39-46)89-27-19-28-90-62-38-56-53(36-60(62)86-6)67(81)75-40-47(34-58(75)69(83)77(56)43-88-30-32-93(10,11)12)21-18-26-71-64(78)45(4)72-65(79)63(44(2)3)73-70(84)91-41-54-50-24-16-14-22-48(50)49-23-15-17-25-51(49)54/h13-18,20-25,35-40,44-45,54,57-58,63H,19,26-34,41-43H2,1-12H3,(H,71,78)(H,72,79)(H,73,84)/b20-13+,21-18+/t45-,57-,58-,63-/m0/s1. The van der Waals surface area contributed by atoms with Crippen LogP contribution < -0.4 is 44.7 Å². The monoisotopic (exact) mass is 1310 g/mol. The van der Waals surface area contributed by atoms with E-state index >= 15 is 0 Å². The van der Waals surface area contributed by atoms with Crippen LogP contribution in [0.2, 0.25) is 51.4 Å². The Hall–Kier alpha value is -8.52. The van der Waals surface area contributed by atoms with Crippen molar-refractivity contribution in [3.63, 3.8) is 0 Å². The van der Waals surface area contributed by atoms with Crippen LogP contribution in [0.1, 0.15) is 84.7 Å². The molecule has 21 nitrogen and oxygen atoms in total. The molecule has 0 radical (unpaired) electrons. The van der Waals surface area contributed by atoms with E-state index in [1.807, 2.05) is 55.5 Å². The highest BCUT2D eigenvalue weighted by Gasteiger charge is 2.45. The van der Waals surface area contributed by atoms with E-state index in [1.54, 1.807) is 69.6 Å². The zero-order valence-electron chi connectivity index (χ0n) is 55.6. The number of rotatable bonds is 29. The summed E-state index contributed by atoms with van der Waals surface area (Å²) in [6.07, 6.45) is 10.7. The highest BCUT2D eigenvalue weighted by Crippen LogP contribution is 2.46. The molecule has 0 spiro atoms. The smallest absolute Gasteiger partial charge is 0.407 e. The molecular weight excluding hydrogens is 1220 g/mol. The van der Waals surface area contributed by atoms with Crippen molar-refractivity contribution < 1.29 is 66.7 Å². The van der Waals surface area contributed by atoms with E-state index in [0.717, 1.165) is 39.9 Å². The van der Waals surface area contributed by atoms with Crippen molar-refractivity contribution in [3.05, 3.63) is 143 Å². The molecule has 9 rings (SSSR count). The molecule has 4 aliphatic heterocycles. The Bertz CT molecular complexity index is 3560. The second-order valence-corrected chi connectivity index (χ2v) is 37.9. The number of hydrogen-bond acceptors (Lipinski definition) is 14. The second-order valence-electron chi connectivity index (χ2n) is 26.7. The van der Waals surface area contributed by atoms with Crippen LogP contribution in [0, 0.1) is 5.92 Å². The molecule has 0 saturated carbocycles. The van der Waals surface area contributed by atoms with Gasteiger partial charge in [-0.1, -0.05) is 126 Å². The van der Waals surface area contributed by atoms with Gasteiger partial charge in [-0.3, -0.25) is 38.6 Å². The fourth-order valence-electron chi connectivity index (χ4n) is 11.8. The van der Waals surface area contributed by atoms with Gasteiger partial charge in [0.1, 0.15) is 44.2 Å². The lowest BCUT2D eigenvalue weighted by atomic mass is 9.98. The summed E-state index contributed by atoms with van der Waals surface area (Å²) in [6.45, 7) is 21.6. The second kappa shape index (κ2) is 30.0. The predicted molar refractivity (Wildman–Crippen MR) is 361 cm³/mol. The molecule has 0 fully saturated rings. The van der Waals surface area contributed by atoms with E-state index in [2.05, 4.69) is 67.4 Å². The molecule has 4 aromatic rings. The highest BCUT2D eigenvalue weighted by atomic mass is 28.3. The van der Waals surface area contributed by atoms with Crippen LogP contribution in [0.25, 0.3) is 11.1 Å². The van der Waals surface area contributed by atoms with Gasteiger partial charge in [0.25, 0.3) is 23.6 Å². The normalized spacial score (nSPS) is 17.6. The van der Waals surface area contributed by atoms with E-state index in [4.69, 9.17) is 33.2 Å². The summed E-state index contributed by atoms with van der Waals surface area (Å²) in [6, 6.07) is 20.6. The molecule has 0 aromatic heterocycles. The maximum atomic E-state index is 14.8. The fraction of sp³-hybridized carbons (Fsp3) is 0.443. The third kappa shape index (κ3) is 16.3. The average molecular weight is 1310 g/mol. The lowest BCUT2D eigenvalue weighted by Crippen LogP contribution is -2.54. The number of nitrogens with one attached hydrogen (secondary N) is 3. The van der Waals surface area contributed by atoms with Gasteiger partial charge in [-0.15, -0.1) is 0 Å². The number of carbonyl (C=O) groups excluding carboxylic acids is 7. The van der Waals surface area contributed by atoms with Crippen LogP contribution in [0.4, 0.5) is 16.2 Å². The van der Waals surface area contributed by atoms with Crippen LogP contribution in [0.5, 0.6) is 23.0 Å². The lowest BCUT2D eigenvalue weighted by Gasteiger charge is -2.27. The van der Waals surface area contributed by atoms with Crippen molar-refractivity contribution in [1.82, 2.24) is 25.8 Å². The van der Waals surface area contributed by atoms with E-state index < -0.39 is 64.1 Å². The molecule has 4 aromatic carbocycles. The fourth-order valence-corrected chi connectivity index (χ4v) is 13.3. The molecule has 5 aliphatic rings. The number of methoxy groups -OCH3 is 2. The molecule has 93 heavy (non-hydrogen) atoms. The maximum absolute atomic E-state index is 14.8. The first kappa shape index (κ1) is 68.8. The number of fused-ring (bicyclic) bond motifs is 7. The van der Waals surface area contributed by atoms with Gasteiger partial charge in [-0.2, -0.15) is 0 Å². The van der Waals surface area contributed by atoms with Gasteiger partial charge in [0.05, 0.1) is 49.9 Å². The van der Waals surface area contributed by atoms with Gasteiger partial charge in [0.15, 0.2) is 23.0 Å². The van der Waals surface area contributed by atoms with Crippen molar-refractivity contribution in [1.29, 1.82) is 0 Å². The first-order chi connectivity index (χ1) is 44.4.